The van der Waals surface area contributed by atoms with Crippen molar-refractivity contribution in [1.82, 2.24) is 0 Å². The van der Waals surface area contributed by atoms with Crippen LogP contribution in [0.3, 0.4) is 0 Å². The molecule has 0 heteroatoms. The van der Waals surface area contributed by atoms with Crippen LogP contribution in [0.2, 0.25) is 0 Å². The smallest absolute Gasteiger partial charge is 0.00137 e. The maximum absolute atomic E-state index is 2.39. The van der Waals surface area contributed by atoms with Crippen molar-refractivity contribution in [2.45, 2.75) is 0 Å². The summed E-state index contributed by atoms with van der Waals surface area (Å²) in [6, 6.07) is 44.2. The minimum atomic E-state index is 1.25. The van der Waals surface area contributed by atoms with E-state index in [1.807, 2.05) is 0 Å². The van der Waals surface area contributed by atoms with Gasteiger partial charge in [-0.2, -0.15) is 0 Å². The quantitative estimate of drug-likeness (QED) is 0.239. The minimum absolute atomic E-state index is 1.25. The summed E-state index contributed by atoms with van der Waals surface area (Å²) in [4.78, 5) is 0. The minimum Gasteiger partial charge on any atom is -0.0622 e. The molecule has 7 aromatic rings. The van der Waals surface area contributed by atoms with Crippen molar-refractivity contribution in [3.63, 3.8) is 0 Å². The van der Waals surface area contributed by atoms with Gasteiger partial charge >= 0.3 is 0 Å². The molecule has 0 N–H and O–H groups in total. The molecular weight excluding hydrogens is 384 g/mol. The highest BCUT2D eigenvalue weighted by atomic mass is 14.2. The van der Waals surface area contributed by atoms with Crippen molar-refractivity contribution < 1.29 is 0 Å². The first-order valence-corrected chi connectivity index (χ1v) is 11.1. The predicted molar refractivity (Wildman–Crippen MR) is 139 cm³/mol. The Hall–Kier alpha value is -4.16. The van der Waals surface area contributed by atoms with Gasteiger partial charge in [0.25, 0.3) is 0 Å². The van der Waals surface area contributed by atoms with Gasteiger partial charge in [-0.3, -0.25) is 0 Å². The standard InChI is InChI=1S/C32H20/c1-2-10-21(11-3-1)22-18-19-26-25-14-6-8-16-28(25)31-27-15-7-4-12-23(27)24-13-5-9-17-29(24)32(31)30(26)20-22/h1-20H. The Morgan fingerprint density at radius 3 is 1.19 bits per heavy atom. The van der Waals surface area contributed by atoms with Crippen molar-refractivity contribution in [1.29, 1.82) is 0 Å². The molecule has 0 aromatic heterocycles. The van der Waals surface area contributed by atoms with E-state index in [0.717, 1.165) is 0 Å². The van der Waals surface area contributed by atoms with Gasteiger partial charge < -0.3 is 0 Å². The molecule has 0 atom stereocenters. The maximum Gasteiger partial charge on any atom is -0.00137 e. The highest BCUT2D eigenvalue weighted by Gasteiger charge is 2.15. The Morgan fingerprint density at radius 1 is 0.250 bits per heavy atom. The lowest BCUT2D eigenvalue weighted by molar-refractivity contribution is 1.65. The molecule has 0 bridgehead atoms. The van der Waals surface area contributed by atoms with Crippen molar-refractivity contribution in [3.05, 3.63) is 121 Å². The molecule has 148 valence electrons. The Bertz CT molecular complexity index is 1790. The topological polar surface area (TPSA) is 0 Å². The Labute approximate surface area is 186 Å². The van der Waals surface area contributed by atoms with Gasteiger partial charge in [-0.05, 0) is 71.1 Å². The number of hydrogen-bond acceptors (Lipinski definition) is 0. The van der Waals surface area contributed by atoms with Gasteiger partial charge in [0.05, 0.1) is 0 Å². The van der Waals surface area contributed by atoms with Crippen LogP contribution in [0, 0.1) is 0 Å². The fraction of sp³-hybridized carbons (Fsp3) is 0. The summed E-state index contributed by atoms with van der Waals surface area (Å²) in [5.41, 5.74) is 2.51. The first-order valence-electron chi connectivity index (χ1n) is 11.1. The number of benzene rings is 7. The van der Waals surface area contributed by atoms with Gasteiger partial charge in [0.1, 0.15) is 0 Å². The largest absolute Gasteiger partial charge is 0.0622 e. The third-order valence-electron chi connectivity index (χ3n) is 6.82. The molecule has 7 rings (SSSR count). The first-order chi connectivity index (χ1) is 15.9. The van der Waals surface area contributed by atoms with Crippen LogP contribution in [0.4, 0.5) is 0 Å². The van der Waals surface area contributed by atoms with Gasteiger partial charge in [-0.1, -0.05) is 115 Å². The molecule has 0 saturated heterocycles. The van der Waals surface area contributed by atoms with E-state index in [1.54, 1.807) is 0 Å². The Kier molecular flexibility index (Phi) is 3.65. The molecule has 0 radical (unpaired) electrons. The lowest BCUT2D eigenvalue weighted by atomic mass is 9.86. The summed E-state index contributed by atoms with van der Waals surface area (Å²) in [7, 11) is 0. The van der Waals surface area contributed by atoms with Gasteiger partial charge in [-0.15, -0.1) is 0 Å². The number of rotatable bonds is 1. The van der Waals surface area contributed by atoms with Gasteiger partial charge in [-0.25, -0.2) is 0 Å². The summed E-state index contributed by atoms with van der Waals surface area (Å²) >= 11 is 0. The second-order valence-corrected chi connectivity index (χ2v) is 8.51. The molecule has 32 heavy (non-hydrogen) atoms. The molecule has 0 saturated carbocycles. The third-order valence-corrected chi connectivity index (χ3v) is 6.82. The van der Waals surface area contributed by atoms with Crippen LogP contribution < -0.4 is 0 Å². The third kappa shape index (κ3) is 2.38. The highest BCUT2D eigenvalue weighted by Crippen LogP contribution is 2.44. The highest BCUT2D eigenvalue weighted by molar-refractivity contribution is 6.39. The second-order valence-electron chi connectivity index (χ2n) is 8.51. The van der Waals surface area contributed by atoms with E-state index in [4.69, 9.17) is 0 Å². The maximum atomic E-state index is 2.39. The Morgan fingerprint density at radius 2 is 0.656 bits per heavy atom. The van der Waals surface area contributed by atoms with Gasteiger partial charge in [0.15, 0.2) is 0 Å². The summed E-state index contributed by atoms with van der Waals surface area (Å²) in [6.45, 7) is 0. The molecule has 0 aliphatic heterocycles. The summed E-state index contributed by atoms with van der Waals surface area (Å²) < 4.78 is 0. The summed E-state index contributed by atoms with van der Waals surface area (Å²) in [6.07, 6.45) is 0. The van der Waals surface area contributed by atoms with E-state index in [0.29, 0.717) is 0 Å². The zero-order valence-electron chi connectivity index (χ0n) is 17.5. The van der Waals surface area contributed by atoms with Crippen LogP contribution in [-0.4, -0.2) is 0 Å². The Balaban J connectivity index is 1.82. The van der Waals surface area contributed by atoms with E-state index >= 15 is 0 Å². The number of fused-ring (bicyclic) bond motifs is 11. The van der Waals surface area contributed by atoms with E-state index in [9.17, 15) is 0 Å². The van der Waals surface area contributed by atoms with Crippen molar-refractivity contribution in [2.75, 3.05) is 0 Å². The summed E-state index contributed by atoms with van der Waals surface area (Å²) in [5.74, 6) is 0. The molecule has 0 amide bonds. The van der Waals surface area contributed by atoms with E-state index in [-0.39, 0.29) is 0 Å². The fourth-order valence-corrected chi connectivity index (χ4v) is 5.43. The van der Waals surface area contributed by atoms with Crippen LogP contribution in [0.5, 0.6) is 0 Å². The van der Waals surface area contributed by atoms with E-state index < -0.39 is 0 Å². The predicted octanol–water partition coefficient (Wildman–Crippen LogP) is 9.12. The summed E-state index contributed by atoms with van der Waals surface area (Å²) in [5, 5.41) is 13.3. The number of hydrogen-bond donors (Lipinski definition) is 0. The monoisotopic (exact) mass is 404 g/mol. The molecule has 0 aliphatic carbocycles. The van der Waals surface area contributed by atoms with Gasteiger partial charge in [0.2, 0.25) is 0 Å². The van der Waals surface area contributed by atoms with Crippen LogP contribution in [0.1, 0.15) is 0 Å². The van der Waals surface area contributed by atoms with Crippen LogP contribution >= 0.6 is 0 Å². The SMILES string of the molecule is c1ccc(-c2ccc3c4ccccc4c4c5ccccc5c5ccccc5c4c3c2)cc1. The van der Waals surface area contributed by atoms with Crippen molar-refractivity contribution in [3.8, 4) is 11.1 Å². The average Bonchev–Trinajstić information content (AvgIpc) is 2.88. The second kappa shape index (κ2) is 6.67. The lowest BCUT2D eigenvalue weighted by Gasteiger charge is -2.17. The molecule has 0 aliphatic rings. The fourth-order valence-electron chi connectivity index (χ4n) is 5.43. The molecule has 0 unspecified atom stereocenters. The van der Waals surface area contributed by atoms with E-state index in [1.165, 1.54) is 65.0 Å². The van der Waals surface area contributed by atoms with Crippen molar-refractivity contribution >= 4 is 53.9 Å². The first kappa shape index (κ1) is 17.5. The molecule has 0 spiro atoms. The molecular formula is C32H20. The van der Waals surface area contributed by atoms with Crippen LogP contribution in [-0.2, 0) is 0 Å². The lowest BCUT2D eigenvalue weighted by Crippen LogP contribution is -1.89. The molecule has 7 aromatic carbocycles. The molecule has 0 fully saturated rings. The van der Waals surface area contributed by atoms with Crippen LogP contribution in [0.15, 0.2) is 121 Å². The van der Waals surface area contributed by atoms with Gasteiger partial charge in [0, 0.05) is 0 Å². The zero-order valence-corrected chi connectivity index (χ0v) is 17.5. The molecule has 0 nitrogen and oxygen atoms in total. The van der Waals surface area contributed by atoms with E-state index in [2.05, 4.69) is 121 Å². The zero-order chi connectivity index (χ0) is 21.1. The van der Waals surface area contributed by atoms with Crippen molar-refractivity contribution in [2.24, 2.45) is 0 Å². The normalized spacial score (nSPS) is 11.8. The van der Waals surface area contributed by atoms with Crippen LogP contribution in [0.25, 0.3) is 65.0 Å². The average molecular weight is 405 g/mol. The molecule has 0 heterocycles.